The molecule has 2 aliphatic heterocycles. The van der Waals surface area contributed by atoms with Crippen molar-refractivity contribution in [2.45, 2.75) is 10.5 Å². The first-order chi connectivity index (χ1) is 15.5. The van der Waals surface area contributed by atoms with Gasteiger partial charge in [0.1, 0.15) is 0 Å². The molecule has 5 rings (SSSR count). The summed E-state index contributed by atoms with van der Waals surface area (Å²) in [5, 5.41) is 6.11. The molecule has 32 heavy (non-hydrogen) atoms. The van der Waals surface area contributed by atoms with Gasteiger partial charge in [-0.15, -0.1) is 0 Å². The molecule has 2 aliphatic rings. The Labute approximate surface area is 203 Å². The monoisotopic (exact) mass is 664 g/mol. The molecule has 2 aromatic heterocycles. The van der Waals surface area contributed by atoms with Crippen molar-refractivity contribution in [2.24, 2.45) is 0 Å². The number of hydrogen-bond acceptors (Lipinski definition) is 7. The first kappa shape index (κ1) is 21.2. The fourth-order valence-electron chi connectivity index (χ4n) is 3.55. The molecule has 0 radical (unpaired) electrons. The Balaban J connectivity index is 1.71. The van der Waals surface area contributed by atoms with Gasteiger partial charge in [-0.2, -0.15) is 0 Å². The first-order valence-corrected chi connectivity index (χ1v) is 13.4. The van der Waals surface area contributed by atoms with Crippen LogP contribution in [0.4, 0.5) is 20.6 Å². The summed E-state index contributed by atoms with van der Waals surface area (Å²) < 4.78 is 30.1. The second kappa shape index (κ2) is 8.73. The van der Waals surface area contributed by atoms with Crippen LogP contribution in [-0.4, -0.2) is 31.0 Å². The second-order valence-corrected chi connectivity index (χ2v) is 11.0. The van der Waals surface area contributed by atoms with E-state index in [4.69, 9.17) is 10.9 Å². The summed E-state index contributed by atoms with van der Waals surface area (Å²) in [7, 11) is 1.38. The van der Waals surface area contributed by atoms with E-state index in [2.05, 4.69) is 20.6 Å². The van der Waals surface area contributed by atoms with Gasteiger partial charge in [-0.3, -0.25) is 0 Å². The average Bonchev–Trinajstić information content (AvgIpc) is 3.15. The van der Waals surface area contributed by atoms with E-state index in [1.165, 1.54) is 19.4 Å². The van der Waals surface area contributed by atoms with Crippen LogP contribution in [0.15, 0.2) is 36.7 Å². The van der Waals surface area contributed by atoms with E-state index in [1.54, 1.807) is 24.4 Å². The number of rotatable bonds is 3. The van der Waals surface area contributed by atoms with Crippen molar-refractivity contribution >= 4 is 21.3 Å². The van der Waals surface area contributed by atoms with Gasteiger partial charge in [-0.1, -0.05) is 0 Å². The van der Waals surface area contributed by atoms with Crippen LogP contribution >= 0.6 is 0 Å². The van der Waals surface area contributed by atoms with Crippen LogP contribution in [-0.2, 0) is 9.49 Å². The number of nitrogens with zero attached hydrogens (tertiary/aromatic N) is 1. The standard InChI is InChI=1S/C20H15FI2N4O5/c1-30-18-10(21)3-2-4-11(18)25-17-15-12-7-14(27-19(15)28)22-32-20(29)23-31-13-8-24-6-5-9(13)16(17)26-12/h2-6,8,14,25-26H,7H2,1H3,(H,27,28)/q-2. The van der Waals surface area contributed by atoms with Gasteiger partial charge in [0.25, 0.3) is 0 Å². The number of carbonyl (C=O) groups is 2. The molecule has 3 N–H and O–H groups in total. The van der Waals surface area contributed by atoms with Gasteiger partial charge in [0.2, 0.25) is 0 Å². The quantitative estimate of drug-likeness (QED) is 0.119. The van der Waals surface area contributed by atoms with Gasteiger partial charge in [-0.25, -0.2) is 0 Å². The second-order valence-electron chi connectivity index (χ2n) is 6.75. The number of pyridine rings is 1. The normalized spacial score (nSPS) is 17.8. The molecule has 0 saturated carbocycles. The summed E-state index contributed by atoms with van der Waals surface area (Å²) >= 11 is -2.45. The zero-order chi connectivity index (χ0) is 22.2. The van der Waals surface area contributed by atoms with Crippen molar-refractivity contribution < 1.29 is 68.1 Å². The first-order valence-electron chi connectivity index (χ1n) is 9.31. The van der Waals surface area contributed by atoms with Crippen molar-refractivity contribution in [3.63, 3.8) is 0 Å². The topological polar surface area (TPSA) is 115 Å². The van der Waals surface area contributed by atoms with E-state index in [1.807, 2.05) is 0 Å². The van der Waals surface area contributed by atoms with E-state index in [0.29, 0.717) is 46.1 Å². The number of aromatic amines is 1. The maximum atomic E-state index is 14.3. The van der Waals surface area contributed by atoms with Gasteiger partial charge >= 0.3 is 204 Å². The van der Waals surface area contributed by atoms with Gasteiger partial charge in [0, 0.05) is 0 Å². The molecule has 4 heterocycles. The number of alkyl halides is 1. The predicted molar refractivity (Wildman–Crippen MR) is 102 cm³/mol. The predicted octanol–water partition coefficient (Wildman–Crippen LogP) is -2.88. The number of para-hydroxylation sites is 1. The molecule has 0 saturated heterocycles. The minimum atomic E-state index is -1.38. The summed E-state index contributed by atoms with van der Waals surface area (Å²) in [5.74, 6) is -0.419. The van der Waals surface area contributed by atoms with E-state index < -0.39 is 53.0 Å². The number of methoxy groups -OCH3 is 1. The molecule has 0 spiro atoms. The number of carbonyl (C=O) groups excluding carboxylic acids is 2. The van der Waals surface area contributed by atoms with Crippen LogP contribution in [0.25, 0.3) is 11.3 Å². The van der Waals surface area contributed by atoms with Crippen molar-refractivity contribution in [1.82, 2.24) is 15.3 Å². The summed E-state index contributed by atoms with van der Waals surface area (Å²) in [6.45, 7) is 0. The van der Waals surface area contributed by atoms with E-state index >= 15 is 0 Å². The molecule has 1 atom stereocenters. The van der Waals surface area contributed by atoms with Crippen LogP contribution in [0.3, 0.4) is 0 Å². The number of ether oxygens (including phenoxy) is 1. The number of benzene rings is 1. The molecule has 12 heteroatoms. The number of H-pyrrole nitrogens is 1. The number of halogens is 3. The third-order valence-electron chi connectivity index (χ3n) is 4.86. The van der Waals surface area contributed by atoms with Crippen LogP contribution in [0.5, 0.6) is 11.5 Å². The van der Waals surface area contributed by atoms with Crippen molar-refractivity contribution in [2.75, 3.05) is 12.4 Å². The van der Waals surface area contributed by atoms with Crippen LogP contribution in [0.2, 0.25) is 0 Å². The van der Waals surface area contributed by atoms with E-state index in [9.17, 15) is 14.0 Å². The summed E-state index contributed by atoms with van der Waals surface area (Å²) in [4.78, 5) is 32.7. The van der Waals surface area contributed by atoms with E-state index in [0.717, 1.165) is 0 Å². The molecule has 1 aromatic carbocycles. The molecule has 9 nitrogen and oxygen atoms in total. The number of anilines is 2. The fraction of sp³-hybridized carbons (Fsp3) is 0.150. The number of fused-ring (bicyclic) bond motifs is 4. The average molecular weight is 664 g/mol. The van der Waals surface area contributed by atoms with Crippen molar-refractivity contribution in [3.8, 4) is 22.8 Å². The Bertz CT molecular complexity index is 1230. The third-order valence-corrected chi connectivity index (χ3v) is 8.99. The molecule has 0 aliphatic carbocycles. The Morgan fingerprint density at radius 1 is 1.28 bits per heavy atom. The Hall–Kier alpha value is -2.62. The van der Waals surface area contributed by atoms with Gasteiger partial charge < -0.3 is 0 Å². The number of hydrogen-bond donors (Lipinski definition) is 3. The van der Waals surface area contributed by atoms with Crippen molar-refractivity contribution in [1.29, 1.82) is 0 Å². The Kier molecular flexibility index (Phi) is 5.79. The molecule has 1 amide bonds. The zero-order valence-electron chi connectivity index (χ0n) is 16.4. The minimum absolute atomic E-state index is 0.0299. The number of nitrogens with one attached hydrogen (secondary N) is 3. The summed E-state index contributed by atoms with van der Waals surface area (Å²) in [6.07, 6.45) is 3.58. The van der Waals surface area contributed by atoms with E-state index in [-0.39, 0.29) is 15.7 Å². The molecule has 0 fully saturated rings. The van der Waals surface area contributed by atoms with Crippen LogP contribution in [0.1, 0.15) is 16.1 Å². The summed E-state index contributed by atoms with van der Waals surface area (Å²) in [6, 6.07) is 6.24. The molecule has 168 valence electrons. The summed E-state index contributed by atoms with van der Waals surface area (Å²) in [5.41, 5.74) is 3.11. The molecule has 3 aromatic rings. The molecular formula is C20H15FI2N4O5-2. The maximum absolute atomic E-state index is 14.3. The zero-order valence-corrected chi connectivity index (χ0v) is 20.7. The fourth-order valence-corrected chi connectivity index (χ4v) is 7.03. The molecule has 1 unspecified atom stereocenters. The van der Waals surface area contributed by atoms with Gasteiger partial charge in [-0.05, 0) is 0 Å². The Morgan fingerprint density at radius 2 is 2.16 bits per heavy atom. The van der Waals surface area contributed by atoms with Gasteiger partial charge in [0.15, 0.2) is 0 Å². The SMILES string of the molecule is COc1c(F)cccc1Nc1c2[nH]c3c1C(=O)NC(C3)[I-]OC(=O)[I-]Oc1cnccc1-2. The number of amides is 1. The van der Waals surface area contributed by atoms with Crippen molar-refractivity contribution in [3.05, 3.63) is 53.7 Å². The van der Waals surface area contributed by atoms with Gasteiger partial charge in [0.05, 0.1) is 0 Å². The van der Waals surface area contributed by atoms with Crippen LogP contribution in [0, 0.1) is 5.82 Å². The molecule has 3 bridgehead atoms. The molecular weight excluding hydrogens is 649 g/mol. The number of aromatic nitrogens is 2. The third kappa shape index (κ3) is 3.85. The Morgan fingerprint density at radius 3 is 3.00 bits per heavy atom. The van der Waals surface area contributed by atoms with Crippen LogP contribution < -0.4 is 61.7 Å².